The molecule has 0 heterocycles. The third-order valence-corrected chi connectivity index (χ3v) is 6.89. The number of carbonyl (C=O) groups is 2. The van der Waals surface area contributed by atoms with Crippen LogP contribution in [-0.4, -0.2) is 25.2 Å². The number of hydrogen-bond donors (Lipinski definition) is 0. The summed E-state index contributed by atoms with van der Waals surface area (Å²) in [6.07, 6.45) is 26.3. The van der Waals surface area contributed by atoms with Crippen molar-refractivity contribution in [2.45, 2.75) is 183 Å². The fourth-order valence-corrected chi connectivity index (χ4v) is 4.12. The zero-order valence-corrected chi connectivity index (χ0v) is 26.8. The largest absolute Gasteiger partial charge is 0.466 e. The smallest absolute Gasteiger partial charge is 0.305 e. The summed E-state index contributed by atoms with van der Waals surface area (Å²) in [5.74, 6) is 1.20. The molecule has 0 fully saturated rings. The summed E-state index contributed by atoms with van der Waals surface area (Å²) < 4.78 is 10.4. The first-order chi connectivity index (χ1) is 18.3. The molecule has 0 aromatic carbocycles. The number of esters is 2. The molecule has 0 N–H and O–H groups in total. The lowest BCUT2D eigenvalue weighted by Gasteiger charge is -2.06. The minimum absolute atomic E-state index is 0.0106. The highest BCUT2D eigenvalue weighted by Crippen LogP contribution is 2.12. The predicted octanol–water partition coefficient (Wildman–Crippen LogP) is 11.0. The molecule has 4 heteroatoms. The molecular weight excluding hydrogens is 472 g/mol. The molecule has 0 aromatic heterocycles. The van der Waals surface area contributed by atoms with E-state index in [9.17, 15) is 9.59 Å². The summed E-state index contributed by atoms with van der Waals surface area (Å²) in [4.78, 5) is 22.8. The summed E-state index contributed by atoms with van der Waals surface area (Å²) in [5, 5.41) is 0. The second kappa shape index (κ2) is 32.2. The summed E-state index contributed by atoms with van der Waals surface area (Å²) in [7, 11) is 0. The van der Waals surface area contributed by atoms with Crippen molar-refractivity contribution in [3.05, 3.63) is 0 Å². The van der Waals surface area contributed by atoms with Crippen LogP contribution < -0.4 is 0 Å². The molecule has 0 aliphatic carbocycles. The van der Waals surface area contributed by atoms with Crippen LogP contribution in [0, 0.1) is 11.8 Å². The van der Waals surface area contributed by atoms with Crippen molar-refractivity contribution in [1.29, 1.82) is 0 Å². The van der Waals surface area contributed by atoms with Crippen LogP contribution in [-0.2, 0) is 19.1 Å². The van der Waals surface area contributed by atoms with Crippen molar-refractivity contribution in [2.75, 3.05) is 13.2 Å². The van der Waals surface area contributed by atoms with Gasteiger partial charge < -0.3 is 9.47 Å². The van der Waals surface area contributed by atoms with Gasteiger partial charge in [-0.3, -0.25) is 9.59 Å². The van der Waals surface area contributed by atoms with E-state index in [-0.39, 0.29) is 11.9 Å². The van der Waals surface area contributed by atoms with Gasteiger partial charge in [-0.05, 0) is 37.5 Å². The zero-order chi connectivity index (χ0) is 28.7. The topological polar surface area (TPSA) is 52.6 Å². The van der Waals surface area contributed by atoms with E-state index in [2.05, 4.69) is 41.5 Å². The van der Waals surface area contributed by atoms with Gasteiger partial charge in [0.15, 0.2) is 0 Å². The fourth-order valence-electron chi connectivity index (χ4n) is 4.12. The number of hydrogen-bond acceptors (Lipinski definition) is 4. The maximum atomic E-state index is 11.4. The highest BCUT2D eigenvalue weighted by molar-refractivity contribution is 5.69. The second-order valence-corrected chi connectivity index (χ2v) is 12.0. The summed E-state index contributed by atoms with van der Waals surface area (Å²) in [5.41, 5.74) is 0. The van der Waals surface area contributed by atoms with E-state index in [0.29, 0.717) is 37.9 Å². The molecule has 0 saturated carbocycles. The molecule has 0 atom stereocenters. The van der Waals surface area contributed by atoms with Gasteiger partial charge in [0.2, 0.25) is 0 Å². The van der Waals surface area contributed by atoms with E-state index >= 15 is 0 Å². The summed E-state index contributed by atoms with van der Waals surface area (Å²) in [6, 6.07) is 0. The van der Waals surface area contributed by atoms with Crippen LogP contribution in [0.2, 0.25) is 0 Å². The SMILES string of the molecule is CCCCCCCCCCCC(=O)OCCC(C)C.CCCCCCCCCCCC(=O)OCCC(C)C. The maximum absolute atomic E-state index is 11.4. The first-order valence-electron chi connectivity index (χ1n) is 16.6. The molecule has 0 amide bonds. The highest BCUT2D eigenvalue weighted by atomic mass is 16.5. The highest BCUT2D eigenvalue weighted by Gasteiger charge is 2.04. The van der Waals surface area contributed by atoms with Gasteiger partial charge in [0, 0.05) is 12.8 Å². The van der Waals surface area contributed by atoms with E-state index < -0.39 is 0 Å². The molecule has 0 bridgehead atoms. The van der Waals surface area contributed by atoms with Crippen LogP contribution in [0.1, 0.15) is 183 Å². The summed E-state index contributed by atoms with van der Waals surface area (Å²) in [6.45, 7) is 14.3. The Morgan fingerprint density at radius 1 is 0.447 bits per heavy atom. The Morgan fingerprint density at radius 2 is 0.711 bits per heavy atom. The normalized spacial score (nSPS) is 10.9. The molecule has 228 valence electrons. The van der Waals surface area contributed by atoms with Gasteiger partial charge in [-0.1, -0.05) is 144 Å². The quantitative estimate of drug-likeness (QED) is 0.0808. The maximum Gasteiger partial charge on any atom is 0.305 e. The zero-order valence-electron chi connectivity index (χ0n) is 26.8. The molecule has 0 aliphatic rings. The molecule has 0 aliphatic heterocycles. The standard InChI is InChI=1S/2C17H34O2/c2*1-4-5-6-7-8-9-10-11-12-13-17(18)19-15-14-16(2)3/h2*16H,4-15H2,1-3H3. The second-order valence-electron chi connectivity index (χ2n) is 12.0. The van der Waals surface area contributed by atoms with Gasteiger partial charge in [-0.25, -0.2) is 0 Å². The Morgan fingerprint density at radius 3 is 0.974 bits per heavy atom. The van der Waals surface area contributed by atoms with Crippen molar-refractivity contribution in [3.63, 3.8) is 0 Å². The van der Waals surface area contributed by atoms with Gasteiger partial charge in [-0.15, -0.1) is 0 Å². The first kappa shape index (κ1) is 39.1. The molecule has 0 aromatic rings. The van der Waals surface area contributed by atoms with Crippen LogP contribution in [0.15, 0.2) is 0 Å². The minimum atomic E-state index is -0.0106. The van der Waals surface area contributed by atoms with E-state index in [1.54, 1.807) is 0 Å². The van der Waals surface area contributed by atoms with E-state index in [0.717, 1.165) is 25.7 Å². The Bertz CT molecular complexity index is 443. The van der Waals surface area contributed by atoms with Gasteiger partial charge in [-0.2, -0.15) is 0 Å². The van der Waals surface area contributed by atoms with Crippen molar-refractivity contribution in [1.82, 2.24) is 0 Å². The molecular formula is C34H68O4. The molecule has 0 unspecified atom stereocenters. The van der Waals surface area contributed by atoms with E-state index in [4.69, 9.17) is 9.47 Å². The third-order valence-electron chi connectivity index (χ3n) is 6.89. The molecule has 38 heavy (non-hydrogen) atoms. The predicted molar refractivity (Wildman–Crippen MR) is 165 cm³/mol. The number of unbranched alkanes of at least 4 members (excludes halogenated alkanes) is 16. The van der Waals surface area contributed by atoms with Crippen LogP contribution in [0.3, 0.4) is 0 Å². The van der Waals surface area contributed by atoms with Crippen LogP contribution in [0.5, 0.6) is 0 Å². The molecule has 0 saturated heterocycles. The van der Waals surface area contributed by atoms with E-state index in [1.165, 1.54) is 103 Å². The van der Waals surface area contributed by atoms with Crippen molar-refractivity contribution in [3.8, 4) is 0 Å². The number of carbonyl (C=O) groups excluding carboxylic acids is 2. The van der Waals surface area contributed by atoms with Crippen LogP contribution in [0.25, 0.3) is 0 Å². The monoisotopic (exact) mass is 541 g/mol. The van der Waals surface area contributed by atoms with E-state index in [1.807, 2.05) is 0 Å². The first-order valence-corrected chi connectivity index (χ1v) is 16.6. The van der Waals surface area contributed by atoms with Crippen LogP contribution in [0.4, 0.5) is 0 Å². The van der Waals surface area contributed by atoms with Gasteiger partial charge in [0.25, 0.3) is 0 Å². The Labute approximate surface area is 238 Å². The molecule has 4 nitrogen and oxygen atoms in total. The Hall–Kier alpha value is -1.06. The van der Waals surface area contributed by atoms with Crippen molar-refractivity contribution < 1.29 is 19.1 Å². The number of rotatable bonds is 26. The summed E-state index contributed by atoms with van der Waals surface area (Å²) >= 11 is 0. The van der Waals surface area contributed by atoms with Gasteiger partial charge in [0.05, 0.1) is 13.2 Å². The lowest BCUT2D eigenvalue weighted by molar-refractivity contribution is -0.145. The Kier molecular flexibility index (Phi) is 33.1. The van der Waals surface area contributed by atoms with Crippen molar-refractivity contribution >= 4 is 11.9 Å². The lowest BCUT2D eigenvalue weighted by Crippen LogP contribution is -2.07. The average Bonchev–Trinajstić information content (AvgIpc) is 2.86. The molecule has 0 rings (SSSR count). The Balaban J connectivity index is 0. The van der Waals surface area contributed by atoms with Crippen molar-refractivity contribution in [2.24, 2.45) is 11.8 Å². The van der Waals surface area contributed by atoms with Gasteiger partial charge >= 0.3 is 11.9 Å². The average molecular weight is 541 g/mol. The fraction of sp³-hybridized carbons (Fsp3) is 0.941. The third kappa shape index (κ3) is 37.1. The minimum Gasteiger partial charge on any atom is -0.466 e. The molecule has 0 spiro atoms. The van der Waals surface area contributed by atoms with Crippen LogP contribution >= 0.6 is 0 Å². The molecule has 0 radical (unpaired) electrons. The lowest BCUT2D eigenvalue weighted by atomic mass is 10.1. The van der Waals surface area contributed by atoms with Gasteiger partial charge in [0.1, 0.15) is 0 Å². The number of ether oxygens (including phenoxy) is 2.